The third-order valence-electron chi connectivity index (χ3n) is 2.15. The summed E-state index contributed by atoms with van der Waals surface area (Å²) in [5, 5.41) is 0.603. The van der Waals surface area contributed by atoms with Gasteiger partial charge in [0.25, 0.3) is 0 Å². The van der Waals surface area contributed by atoms with Gasteiger partial charge in [-0.3, -0.25) is 0 Å². The van der Waals surface area contributed by atoms with Gasteiger partial charge in [-0.1, -0.05) is 11.6 Å². The van der Waals surface area contributed by atoms with Gasteiger partial charge in [0.15, 0.2) is 0 Å². The van der Waals surface area contributed by atoms with Crippen LogP contribution in [0.25, 0.3) is 11.5 Å². The van der Waals surface area contributed by atoms with Gasteiger partial charge in [0, 0.05) is 11.6 Å². The molecule has 0 saturated heterocycles. The van der Waals surface area contributed by atoms with Crippen molar-refractivity contribution in [3.05, 3.63) is 35.2 Å². The Bertz CT molecular complexity index is 496. The van der Waals surface area contributed by atoms with E-state index in [4.69, 9.17) is 26.5 Å². The molecule has 1 aromatic heterocycles. The fourth-order valence-corrected chi connectivity index (χ4v) is 1.53. The number of hydrogen-bond donors (Lipinski definition) is 1. The highest BCUT2D eigenvalue weighted by Crippen LogP contribution is 2.31. The van der Waals surface area contributed by atoms with Gasteiger partial charge in [0.1, 0.15) is 12.0 Å². The van der Waals surface area contributed by atoms with Crippen LogP contribution in [0.3, 0.4) is 0 Å². The quantitative estimate of drug-likeness (QED) is 0.892. The lowest BCUT2D eigenvalue weighted by Gasteiger charge is -2.05. The summed E-state index contributed by atoms with van der Waals surface area (Å²) in [6.07, 6.45) is 1.53. The van der Waals surface area contributed by atoms with Gasteiger partial charge in [-0.25, -0.2) is 4.98 Å². The lowest BCUT2D eigenvalue weighted by atomic mass is 10.2. The summed E-state index contributed by atoms with van der Waals surface area (Å²) in [4.78, 5) is 4.22. The van der Waals surface area contributed by atoms with Crippen molar-refractivity contribution >= 4 is 11.6 Å². The molecule has 1 heterocycles. The number of ether oxygens (including phenoxy) is 1. The molecule has 0 aliphatic carbocycles. The average molecular weight is 239 g/mol. The number of oxazole rings is 1. The Labute approximate surface area is 98.0 Å². The highest BCUT2D eigenvalue weighted by atomic mass is 35.5. The molecule has 2 rings (SSSR count). The van der Waals surface area contributed by atoms with Crippen molar-refractivity contribution in [3.63, 3.8) is 0 Å². The molecule has 0 radical (unpaired) electrons. The summed E-state index contributed by atoms with van der Waals surface area (Å²) in [6, 6.07) is 5.27. The van der Waals surface area contributed by atoms with Gasteiger partial charge in [-0.05, 0) is 18.2 Å². The highest BCUT2D eigenvalue weighted by Gasteiger charge is 2.11. The minimum atomic E-state index is 0.347. The fourth-order valence-electron chi connectivity index (χ4n) is 1.37. The smallest absolute Gasteiger partial charge is 0.229 e. The number of nitrogens with two attached hydrogens (primary N) is 1. The van der Waals surface area contributed by atoms with Crippen molar-refractivity contribution in [1.29, 1.82) is 0 Å². The van der Waals surface area contributed by atoms with E-state index in [9.17, 15) is 0 Å². The van der Waals surface area contributed by atoms with Crippen LogP contribution in [0.5, 0.6) is 5.75 Å². The van der Waals surface area contributed by atoms with E-state index in [0.29, 0.717) is 28.9 Å². The van der Waals surface area contributed by atoms with Crippen LogP contribution in [0.15, 0.2) is 28.9 Å². The molecule has 0 unspecified atom stereocenters. The molecule has 0 atom stereocenters. The van der Waals surface area contributed by atoms with Gasteiger partial charge < -0.3 is 14.9 Å². The second-order valence-electron chi connectivity index (χ2n) is 3.19. The molecule has 0 aliphatic rings. The Morgan fingerprint density at radius 3 is 2.94 bits per heavy atom. The predicted octanol–water partition coefficient (Wildman–Crippen LogP) is 2.46. The van der Waals surface area contributed by atoms with E-state index >= 15 is 0 Å². The maximum absolute atomic E-state index is 5.86. The van der Waals surface area contributed by atoms with Gasteiger partial charge in [0.2, 0.25) is 5.89 Å². The SMILES string of the molecule is COc1cc(Cl)ccc1-c1nc(CN)co1. The third-order valence-corrected chi connectivity index (χ3v) is 2.39. The van der Waals surface area contributed by atoms with Crippen molar-refractivity contribution in [2.24, 2.45) is 5.73 Å². The second-order valence-corrected chi connectivity index (χ2v) is 3.63. The number of methoxy groups -OCH3 is 1. The molecule has 5 heteroatoms. The Hall–Kier alpha value is -1.52. The second kappa shape index (κ2) is 4.55. The van der Waals surface area contributed by atoms with Crippen LogP contribution in [-0.4, -0.2) is 12.1 Å². The van der Waals surface area contributed by atoms with Crippen molar-refractivity contribution in [3.8, 4) is 17.2 Å². The zero-order chi connectivity index (χ0) is 11.5. The van der Waals surface area contributed by atoms with E-state index in [0.717, 1.165) is 5.56 Å². The predicted molar refractivity (Wildman–Crippen MR) is 61.4 cm³/mol. The van der Waals surface area contributed by atoms with Gasteiger partial charge in [-0.15, -0.1) is 0 Å². The van der Waals surface area contributed by atoms with Crippen LogP contribution in [0, 0.1) is 0 Å². The first-order valence-electron chi connectivity index (χ1n) is 4.73. The summed E-state index contributed by atoms with van der Waals surface area (Å²) in [7, 11) is 1.57. The largest absolute Gasteiger partial charge is 0.496 e. The van der Waals surface area contributed by atoms with E-state index in [1.807, 2.05) is 0 Å². The Morgan fingerprint density at radius 1 is 1.50 bits per heavy atom. The first kappa shape index (κ1) is 11.0. The zero-order valence-electron chi connectivity index (χ0n) is 8.74. The van der Waals surface area contributed by atoms with Crippen molar-refractivity contribution in [2.75, 3.05) is 7.11 Å². The first-order chi connectivity index (χ1) is 7.74. The van der Waals surface area contributed by atoms with Crippen LogP contribution in [0.4, 0.5) is 0 Å². The van der Waals surface area contributed by atoms with Crippen LogP contribution in [-0.2, 0) is 6.54 Å². The number of halogens is 1. The molecule has 0 saturated carbocycles. The minimum absolute atomic E-state index is 0.347. The average Bonchev–Trinajstić information content (AvgIpc) is 2.77. The van der Waals surface area contributed by atoms with Gasteiger partial charge >= 0.3 is 0 Å². The zero-order valence-corrected chi connectivity index (χ0v) is 9.49. The molecule has 2 N–H and O–H groups in total. The molecule has 0 fully saturated rings. The normalized spacial score (nSPS) is 10.4. The summed E-state index contributed by atoms with van der Waals surface area (Å²) < 4.78 is 10.5. The molecule has 2 aromatic rings. The van der Waals surface area contributed by atoms with Crippen molar-refractivity contribution in [2.45, 2.75) is 6.54 Å². The van der Waals surface area contributed by atoms with E-state index < -0.39 is 0 Å². The van der Waals surface area contributed by atoms with E-state index in [1.54, 1.807) is 25.3 Å². The van der Waals surface area contributed by atoms with E-state index in [-0.39, 0.29) is 0 Å². The number of aromatic nitrogens is 1. The molecule has 1 aromatic carbocycles. The summed E-state index contributed by atoms with van der Waals surface area (Å²) in [5.41, 5.74) is 6.92. The molecule has 16 heavy (non-hydrogen) atoms. The van der Waals surface area contributed by atoms with Crippen LogP contribution < -0.4 is 10.5 Å². The lowest BCUT2D eigenvalue weighted by Crippen LogP contribution is -1.96. The molecular formula is C11H11ClN2O2. The van der Waals surface area contributed by atoms with Crippen molar-refractivity contribution < 1.29 is 9.15 Å². The molecule has 4 nitrogen and oxygen atoms in total. The van der Waals surface area contributed by atoms with Gasteiger partial charge in [-0.2, -0.15) is 0 Å². The van der Waals surface area contributed by atoms with Crippen LogP contribution in [0.1, 0.15) is 5.69 Å². The molecular weight excluding hydrogens is 228 g/mol. The molecule has 0 bridgehead atoms. The maximum atomic E-state index is 5.86. The Morgan fingerprint density at radius 2 is 2.31 bits per heavy atom. The Balaban J connectivity index is 2.46. The summed E-state index contributed by atoms with van der Waals surface area (Å²) in [5.74, 6) is 1.10. The lowest BCUT2D eigenvalue weighted by molar-refractivity contribution is 0.414. The number of benzene rings is 1. The molecule has 0 amide bonds. The van der Waals surface area contributed by atoms with E-state index in [2.05, 4.69) is 4.98 Å². The molecule has 0 aliphatic heterocycles. The molecule has 0 spiro atoms. The number of hydrogen-bond acceptors (Lipinski definition) is 4. The van der Waals surface area contributed by atoms with Crippen LogP contribution >= 0.6 is 11.6 Å². The monoisotopic (exact) mass is 238 g/mol. The Kier molecular flexibility index (Phi) is 3.12. The molecule has 84 valence electrons. The number of nitrogens with zero attached hydrogens (tertiary/aromatic N) is 1. The fraction of sp³-hybridized carbons (Fsp3) is 0.182. The highest BCUT2D eigenvalue weighted by molar-refractivity contribution is 6.30. The van der Waals surface area contributed by atoms with Gasteiger partial charge in [0.05, 0.1) is 18.4 Å². The maximum Gasteiger partial charge on any atom is 0.229 e. The third kappa shape index (κ3) is 2.03. The minimum Gasteiger partial charge on any atom is -0.496 e. The number of rotatable bonds is 3. The van der Waals surface area contributed by atoms with Crippen LogP contribution in [0.2, 0.25) is 5.02 Å². The standard InChI is InChI=1S/C11H11ClN2O2/c1-15-10-4-7(12)2-3-9(10)11-14-8(5-13)6-16-11/h2-4,6H,5,13H2,1H3. The topological polar surface area (TPSA) is 61.3 Å². The summed E-state index contributed by atoms with van der Waals surface area (Å²) in [6.45, 7) is 0.347. The first-order valence-corrected chi connectivity index (χ1v) is 5.10. The van der Waals surface area contributed by atoms with Crippen molar-refractivity contribution in [1.82, 2.24) is 4.98 Å². The summed E-state index contributed by atoms with van der Waals surface area (Å²) >= 11 is 5.86. The van der Waals surface area contributed by atoms with E-state index in [1.165, 1.54) is 6.26 Å².